The minimum Gasteiger partial charge on any atom is -0.346 e. The zero-order valence-corrected chi connectivity index (χ0v) is 14.2. The molecule has 0 saturated carbocycles. The molecule has 2 saturated heterocycles. The first-order valence-electron chi connectivity index (χ1n) is 7.57. The highest BCUT2D eigenvalue weighted by Crippen LogP contribution is 2.30. The number of hydrogen-bond acceptors (Lipinski definition) is 6. The van der Waals surface area contributed by atoms with Crippen LogP contribution in [-0.2, 0) is 9.84 Å². The molecule has 0 aromatic carbocycles. The second-order valence-electron chi connectivity index (χ2n) is 6.31. The summed E-state index contributed by atoms with van der Waals surface area (Å²) >= 11 is 1.18. The van der Waals surface area contributed by atoms with Crippen LogP contribution in [0.1, 0.15) is 29.8 Å². The maximum atomic E-state index is 12.4. The van der Waals surface area contributed by atoms with E-state index >= 15 is 0 Å². The predicted octanol–water partition coefficient (Wildman–Crippen LogP) is 1.32. The molecule has 0 spiro atoms. The first kappa shape index (κ1) is 15.0. The van der Waals surface area contributed by atoms with Gasteiger partial charge in [-0.3, -0.25) is 4.79 Å². The quantitative estimate of drug-likeness (QED) is 0.871. The lowest BCUT2D eigenvalue weighted by atomic mass is 9.95. The van der Waals surface area contributed by atoms with Crippen molar-refractivity contribution in [2.75, 3.05) is 6.26 Å². The number of pyridine rings is 1. The summed E-state index contributed by atoms with van der Waals surface area (Å²) in [5.41, 5.74) is 0.332. The molecule has 1 amide bonds. The van der Waals surface area contributed by atoms with Crippen LogP contribution in [0.2, 0.25) is 0 Å². The molecule has 2 aliphatic heterocycles. The van der Waals surface area contributed by atoms with E-state index in [0.717, 1.165) is 22.9 Å². The van der Waals surface area contributed by atoms with Gasteiger partial charge < -0.3 is 10.6 Å². The monoisotopic (exact) mass is 351 g/mol. The fraction of sp³-hybridized carbons (Fsp3) is 0.467. The third kappa shape index (κ3) is 2.75. The lowest BCUT2D eigenvalue weighted by Gasteiger charge is -2.21. The predicted molar refractivity (Wildman–Crippen MR) is 88.5 cm³/mol. The second-order valence-corrected chi connectivity index (χ2v) is 9.63. The summed E-state index contributed by atoms with van der Waals surface area (Å²) < 4.78 is 24.3. The smallest absolute Gasteiger partial charge is 0.270 e. The first-order valence-corrected chi connectivity index (χ1v) is 10.3. The minimum atomic E-state index is -3.24. The van der Waals surface area contributed by atoms with Gasteiger partial charge in [-0.1, -0.05) is 0 Å². The van der Waals surface area contributed by atoms with Crippen LogP contribution in [0, 0.1) is 0 Å². The summed E-state index contributed by atoms with van der Waals surface area (Å²) in [4.78, 5) is 16.6. The van der Waals surface area contributed by atoms with Crippen molar-refractivity contribution in [2.45, 2.75) is 41.6 Å². The van der Waals surface area contributed by atoms with E-state index in [4.69, 9.17) is 0 Å². The molecule has 2 bridgehead atoms. The van der Waals surface area contributed by atoms with Crippen molar-refractivity contribution in [1.82, 2.24) is 15.6 Å². The van der Waals surface area contributed by atoms with Gasteiger partial charge in [0.15, 0.2) is 9.84 Å². The maximum Gasteiger partial charge on any atom is 0.270 e. The van der Waals surface area contributed by atoms with Crippen molar-refractivity contribution in [3.63, 3.8) is 0 Å². The Kier molecular flexibility index (Phi) is 3.44. The lowest BCUT2D eigenvalue weighted by molar-refractivity contribution is 0.0926. The Labute approximate surface area is 138 Å². The number of fused-ring (bicyclic) bond motifs is 3. The van der Waals surface area contributed by atoms with Gasteiger partial charge in [-0.15, -0.1) is 11.3 Å². The number of carbonyl (C=O) groups is 1. The van der Waals surface area contributed by atoms with Gasteiger partial charge in [0, 0.05) is 30.6 Å². The van der Waals surface area contributed by atoms with E-state index in [1.807, 2.05) is 0 Å². The Morgan fingerprint density at radius 1 is 1.39 bits per heavy atom. The molecule has 0 unspecified atom stereocenters. The minimum absolute atomic E-state index is 0.160. The Hall–Kier alpha value is -1.51. The average molecular weight is 351 g/mol. The number of hydrogen-bond donors (Lipinski definition) is 2. The van der Waals surface area contributed by atoms with Crippen LogP contribution in [0.25, 0.3) is 10.1 Å². The molecule has 3 atom stereocenters. The highest BCUT2D eigenvalue weighted by atomic mass is 32.2. The van der Waals surface area contributed by atoms with E-state index < -0.39 is 9.84 Å². The van der Waals surface area contributed by atoms with E-state index in [-0.39, 0.29) is 11.9 Å². The van der Waals surface area contributed by atoms with E-state index in [1.54, 1.807) is 18.3 Å². The zero-order chi connectivity index (χ0) is 16.2. The molecule has 2 aliphatic rings. The van der Waals surface area contributed by atoms with Crippen molar-refractivity contribution < 1.29 is 13.2 Å². The molecule has 122 valence electrons. The molecule has 23 heavy (non-hydrogen) atoms. The second kappa shape index (κ2) is 5.25. The molecule has 2 aromatic heterocycles. The topological polar surface area (TPSA) is 88.2 Å². The highest BCUT2D eigenvalue weighted by molar-refractivity contribution is 7.92. The van der Waals surface area contributed by atoms with Gasteiger partial charge in [0.05, 0.1) is 4.70 Å². The molecular weight excluding hydrogens is 334 g/mol. The van der Waals surface area contributed by atoms with Crippen molar-refractivity contribution >= 4 is 37.2 Å². The van der Waals surface area contributed by atoms with Gasteiger partial charge in [-0.2, -0.15) is 0 Å². The molecule has 4 rings (SSSR count). The highest BCUT2D eigenvalue weighted by Gasteiger charge is 2.39. The van der Waals surface area contributed by atoms with E-state index in [0.29, 0.717) is 22.0 Å². The maximum absolute atomic E-state index is 12.4. The number of sulfone groups is 1. The fourth-order valence-electron chi connectivity index (χ4n) is 3.45. The molecule has 2 aromatic rings. The summed E-state index contributed by atoms with van der Waals surface area (Å²) in [6, 6.07) is 4.32. The summed E-state index contributed by atoms with van der Waals surface area (Å²) in [7, 11) is -3.24. The average Bonchev–Trinajstić information content (AvgIpc) is 3.20. The van der Waals surface area contributed by atoms with Crippen LogP contribution in [0.4, 0.5) is 0 Å². The van der Waals surface area contributed by atoms with E-state index in [1.165, 1.54) is 24.0 Å². The fourth-order valence-corrected chi connectivity index (χ4v) is 5.41. The van der Waals surface area contributed by atoms with Crippen LogP contribution in [0.3, 0.4) is 0 Å². The summed E-state index contributed by atoms with van der Waals surface area (Å²) in [6.07, 6.45) is 6.01. The van der Waals surface area contributed by atoms with Gasteiger partial charge in [-0.05, 0) is 36.8 Å². The van der Waals surface area contributed by atoms with Crippen molar-refractivity contribution in [3.05, 3.63) is 24.0 Å². The SMILES string of the molecule is CS(=O)(=O)c1cc2cc(C(=O)N[C@@H]3C[C@H]4CC[C@@H]3N4)ncc2s1. The number of nitrogens with zero attached hydrogens (tertiary/aromatic N) is 1. The van der Waals surface area contributed by atoms with Crippen LogP contribution in [0.15, 0.2) is 22.5 Å². The zero-order valence-electron chi connectivity index (χ0n) is 12.6. The third-order valence-electron chi connectivity index (χ3n) is 4.60. The van der Waals surface area contributed by atoms with Gasteiger partial charge in [0.1, 0.15) is 9.90 Å². The molecule has 0 aliphatic carbocycles. The lowest BCUT2D eigenvalue weighted by Crippen LogP contribution is -2.43. The molecule has 8 heteroatoms. The van der Waals surface area contributed by atoms with Crippen LogP contribution >= 0.6 is 11.3 Å². The molecule has 0 radical (unpaired) electrons. The van der Waals surface area contributed by atoms with Crippen LogP contribution in [-0.4, -0.2) is 43.7 Å². The number of aromatic nitrogens is 1. The van der Waals surface area contributed by atoms with Crippen LogP contribution in [0.5, 0.6) is 0 Å². The summed E-state index contributed by atoms with van der Waals surface area (Å²) in [5, 5.41) is 7.27. The number of thiophene rings is 1. The molecule has 2 N–H and O–H groups in total. The van der Waals surface area contributed by atoms with Gasteiger partial charge in [-0.25, -0.2) is 13.4 Å². The number of rotatable bonds is 3. The summed E-state index contributed by atoms with van der Waals surface area (Å²) in [6.45, 7) is 0. The van der Waals surface area contributed by atoms with Gasteiger partial charge in [0.2, 0.25) is 0 Å². The normalized spacial score (nSPS) is 26.7. The van der Waals surface area contributed by atoms with E-state index in [9.17, 15) is 13.2 Å². The van der Waals surface area contributed by atoms with Crippen molar-refractivity contribution in [3.8, 4) is 0 Å². The number of nitrogens with one attached hydrogen (secondary N) is 2. The van der Waals surface area contributed by atoms with Crippen molar-refractivity contribution in [2.24, 2.45) is 0 Å². The van der Waals surface area contributed by atoms with Crippen LogP contribution < -0.4 is 10.6 Å². The Morgan fingerprint density at radius 3 is 2.87 bits per heavy atom. The van der Waals surface area contributed by atoms with Crippen molar-refractivity contribution in [1.29, 1.82) is 0 Å². The Balaban J connectivity index is 1.57. The molecular formula is C15H17N3O3S2. The largest absolute Gasteiger partial charge is 0.346 e. The Morgan fingerprint density at radius 2 is 2.22 bits per heavy atom. The standard InChI is InChI=1S/C15H17N3O3S2/c1-23(20,21)14-5-8-4-12(16-7-13(8)22-14)15(19)18-11-6-9-2-3-10(11)17-9/h4-5,7,9-11,17H,2-3,6H2,1H3,(H,18,19)/t9-,10+,11-/m1/s1. The summed E-state index contributed by atoms with van der Waals surface area (Å²) in [5.74, 6) is -0.196. The molecule has 2 fully saturated rings. The Bertz CT molecular complexity index is 891. The third-order valence-corrected chi connectivity index (χ3v) is 7.48. The number of carbonyl (C=O) groups excluding carboxylic acids is 1. The van der Waals surface area contributed by atoms with Gasteiger partial charge >= 0.3 is 0 Å². The molecule has 6 nitrogen and oxygen atoms in total. The molecule has 4 heterocycles. The number of amides is 1. The first-order chi connectivity index (χ1) is 10.9. The van der Waals surface area contributed by atoms with E-state index in [2.05, 4.69) is 15.6 Å². The van der Waals surface area contributed by atoms with Gasteiger partial charge in [0.25, 0.3) is 5.91 Å².